The third-order valence-electron chi connectivity index (χ3n) is 2.57. The molecule has 0 fully saturated rings. The number of hydrogen-bond donors (Lipinski definition) is 1. The van der Waals surface area contributed by atoms with E-state index in [2.05, 4.69) is 0 Å². The minimum absolute atomic E-state index is 0.174. The normalized spacial score (nSPS) is 10.3. The molecule has 0 aliphatic heterocycles. The van der Waals surface area contributed by atoms with Gasteiger partial charge in [-0.05, 0) is 18.1 Å². The second-order valence-electron chi connectivity index (χ2n) is 4.69. The molecule has 1 rings (SSSR count). The van der Waals surface area contributed by atoms with Gasteiger partial charge in [0.1, 0.15) is 17.1 Å². The Bertz CT molecular complexity index is 474. The lowest BCUT2D eigenvalue weighted by Crippen LogP contribution is -2.35. The molecule has 102 valence electrons. The van der Waals surface area contributed by atoms with E-state index in [0.717, 1.165) is 6.07 Å². The van der Waals surface area contributed by atoms with Gasteiger partial charge in [-0.2, -0.15) is 5.26 Å². The predicted octanol–water partition coefficient (Wildman–Crippen LogP) is 2.54. The maximum atomic E-state index is 13.6. The van der Waals surface area contributed by atoms with Crippen LogP contribution in [0.25, 0.3) is 0 Å². The van der Waals surface area contributed by atoms with Crippen LogP contribution in [0.3, 0.4) is 0 Å². The summed E-state index contributed by atoms with van der Waals surface area (Å²) in [6.45, 7) is 4.48. The third-order valence-corrected chi connectivity index (χ3v) is 2.57. The van der Waals surface area contributed by atoms with E-state index < -0.39 is 11.7 Å². The summed E-state index contributed by atoms with van der Waals surface area (Å²) in [5.74, 6) is -1.53. The molecule has 0 heterocycles. The predicted molar refractivity (Wildman–Crippen MR) is 69.0 cm³/mol. The number of nitriles is 1. The molecule has 0 aromatic heterocycles. The van der Waals surface area contributed by atoms with Crippen molar-refractivity contribution >= 4 is 5.91 Å². The van der Waals surface area contributed by atoms with Crippen LogP contribution in [0.15, 0.2) is 18.2 Å². The van der Waals surface area contributed by atoms with Gasteiger partial charge in [-0.25, -0.2) is 4.39 Å². The number of aromatic hydroxyl groups is 1. The summed E-state index contributed by atoms with van der Waals surface area (Å²) < 4.78 is 13.6. The average molecular weight is 264 g/mol. The fourth-order valence-electron chi connectivity index (χ4n) is 1.78. The largest absolute Gasteiger partial charge is 0.507 e. The van der Waals surface area contributed by atoms with Crippen molar-refractivity contribution in [2.24, 2.45) is 5.92 Å². The second-order valence-corrected chi connectivity index (χ2v) is 4.69. The van der Waals surface area contributed by atoms with Crippen molar-refractivity contribution in [2.45, 2.75) is 20.3 Å². The number of hydrogen-bond acceptors (Lipinski definition) is 3. The van der Waals surface area contributed by atoms with Gasteiger partial charge in [-0.15, -0.1) is 0 Å². The third kappa shape index (κ3) is 3.95. The molecule has 0 aliphatic carbocycles. The summed E-state index contributed by atoms with van der Waals surface area (Å²) in [5, 5.41) is 18.2. The first-order valence-electron chi connectivity index (χ1n) is 6.11. The number of nitrogens with zero attached hydrogens (tertiary/aromatic N) is 2. The van der Waals surface area contributed by atoms with E-state index >= 15 is 0 Å². The molecule has 0 spiro atoms. The highest BCUT2D eigenvalue weighted by Crippen LogP contribution is 2.22. The highest BCUT2D eigenvalue weighted by molar-refractivity contribution is 5.97. The number of rotatable bonds is 5. The summed E-state index contributed by atoms with van der Waals surface area (Å²) in [5.41, 5.74) is -0.332. The Kier molecular flexibility index (Phi) is 5.31. The molecule has 0 unspecified atom stereocenters. The Morgan fingerprint density at radius 1 is 1.53 bits per heavy atom. The van der Waals surface area contributed by atoms with E-state index in [-0.39, 0.29) is 30.2 Å². The summed E-state index contributed by atoms with van der Waals surface area (Å²) in [4.78, 5) is 13.6. The quantitative estimate of drug-likeness (QED) is 0.888. The molecular formula is C14H17FN2O2. The van der Waals surface area contributed by atoms with Crippen molar-refractivity contribution < 1.29 is 14.3 Å². The van der Waals surface area contributed by atoms with Gasteiger partial charge in [0.15, 0.2) is 0 Å². The lowest BCUT2D eigenvalue weighted by molar-refractivity contribution is 0.0732. The molecule has 0 saturated heterocycles. The van der Waals surface area contributed by atoms with E-state index in [9.17, 15) is 14.3 Å². The van der Waals surface area contributed by atoms with Gasteiger partial charge in [0, 0.05) is 13.1 Å². The fourth-order valence-corrected chi connectivity index (χ4v) is 1.78. The number of benzene rings is 1. The summed E-state index contributed by atoms with van der Waals surface area (Å²) >= 11 is 0. The highest BCUT2D eigenvalue weighted by Gasteiger charge is 2.22. The van der Waals surface area contributed by atoms with Gasteiger partial charge in [0.2, 0.25) is 0 Å². The van der Waals surface area contributed by atoms with Crippen molar-refractivity contribution in [1.82, 2.24) is 4.90 Å². The Morgan fingerprint density at radius 2 is 2.21 bits per heavy atom. The first-order valence-corrected chi connectivity index (χ1v) is 6.11. The van der Waals surface area contributed by atoms with Crippen LogP contribution in [-0.4, -0.2) is 29.0 Å². The number of carbonyl (C=O) groups is 1. The van der Waals surface area contributed by atoms with E-state index in [1.165, 1.54) is 17.0 Å². The van der Waals surface area contributed by atoms with E-state index in [0.29, 0.717) is 6.54 Å². The maximum Gasteiger partial charge on any atom is 0.260 e. The smallest absolute Gasteiger partial charge is 0.260 e. The van der Waals surface area contributed by atoms with Gasteiger partial charge in [0.25, 0.3) is 5.91 Å². The van der Waals surface area contributed by atoms with Gasteiger partial charge in [-0.3, -0.25) is 4.79 Å². The maximum absolute atomic E-state index is 13.6. The fraction of sp³-hybridized carbons (Fsp3) is 0.429. The van der Waals surface area contributed by atoms with Crippen LogP contribution in [0.5, 0.6) is 5.75 Å². The molecule has 0 aliphatic rings. The summed E-state index contributed by atoms with van der Waals surface area (Å²) in [6.07, 6.45) is 0.174. The summed E-state index contributed by atoms with van der Waals surface area (Å²) in [7, 11) is 0. The van der Waals surface area contributed by atoms with Crippen LogP contribution >= 0.6 is 0 Å². The average Bonchev–Trinajstić information content (AvgIpc) is 2.33. The minimum Gasteiger partial charge on any atom is -0.507 e. The van der Waals surface area contributed by atoms with Gasteiger partial charge < -0.3 is 10.0 Å². The van der Waals surface area contributed by atoms with Gasteiger partial charge >= 0.3 is 0 Å². The van der Waals surface area contributed by atoms with E-state index in [1.807, 2.05) is 19.9 Å². The zero-order valence-electron chi connectivity index (χ0n) is 11.1. The molecule has 0 radical (unpaired) electrons. The molecule has 0 atom stereocenters. The lowest BCUT2D eigenvalue weighted by atomic mass is 10.1. The van der Waals surface area contributed by atoms with Crippen LogP contribution in [0, 0.1) is 23.1 Å². The number of amides is 1. The van der Waals surface area contributed by atoms with E-state index in [4.69, 9.17) is 5.26 Å². The van der Waals surface area contributed by atoms with Crippen molar-refractivity contribution in [1.29, 1.82) is 5.26 Å². The van der Waals surface area contributed by atoms with Gasteiger partial charge in [-0.1, -0.05) is 19.9 Å². The van der Waals surface area contributed by atoms with E-state index in [1.54, 1.807) is 0 Å². The van der Waals surface area contributed by atoms with Crippen LogP contribution in [0.4, 0.5) is 4.39 Å². The molecule has 1 amide bonds. The first-order chi connectivity index (χ1) is 8.97. The SMILES string of the molecule is CC(C)CN(CCC#N)C(=O)c1c(O)cccc1F. The number of phenolic OH excluding ortho intramolecular Hbond substituents is 1. The minimum atomic E-state index is -0.754. The number of halogens is 1. The first kappa shape index (κ1) is 15.0. The molecular weight excluding hydrogens is 247 g/mol. The highest BCUT2D eigenvalue weighted by atomic mass is 19.1. The lowest BCUT2D eigenvalue weighted by Gasteiger charge is -2.24. The standard InChI is InChI=1S/C14H17FN2O2/c1-10(2)9-17(8-4-7-16)14(19)13-11(15)5-3-6-12(13)18/h3,5-6,10,18H,4,8-9H2,1-2H3. The Morgan fingerprint density at radius 3 is 2.74 bits per heavy atom. The molecule has 1 N–H and O–H groups in total. The van der Waals surface area contributed by atoms with Crippen LogP contribution in [0.2, 0.25) is 0 Å². The molecule has 5 heteroatoms. The van der Waals surface area contributed by atoms with Crippen LogP contribution in [0.1, 0.15) is 30.6 Å². The zero-order valence-corrected chi connectivity index (χ0v) is 11.1. The summed E-state index contributed by atoms with van der Waals surface area (Å²) in [6, 6.07) is 5.70. The zero-order chi connectivity index (χ0) is 14.4. The number of phenols is 1. The second kappa shape index (κ2) is 6.74. The molecule has 1 aromatic rings. The Balaban J connectivity index is 3.01. The van der Waals surface area contributed by atoms with Crippen LogP contribution in [-0.2, 0) is 0 Å². The molecule has 19 heavy (non-hydrogen) atoms. The molecule has 1 aromatic carbocycles. The molecule has 4 nitrogen and oxygen atoms in total. The molecule has 0 saturated carbocycles. The van der Waals surface area contributed by atoms with Crippen molar-refractivity contribution in [3.05, 3.63) is 29.6 Å². The van der Waals surface area contributed by atoms with Gasteiger partial charge in [0.05, 0.1) is 12.5 Å². The Labute approximate surface area is 112 Å². The topological polar surface area (TPSA) is 64.3 Å². The van der Waals surface area contributed by atoms with Crippen molar-refractivity contribution in [3.63, 3.8) is 0 Å². The van der Waals surface area contributed by atoms with Crippen molar-refractivity contribution in [2.75, 3.05) is 13.1 Å². The molecule has 0 bridgehead atoms. The Hall–Kier alpha value is -2.09. The number of carbonyl (C=O) groups excluding carboxylic acids is 1. The van der Waals surface area contributed by atoms with Crippen molar-refractivity contribution in [3.8, 4) is 11.8 Å². The van der Waals surface area contributed by atoms with Crippen LogP contribution < -0.4 is 0 Å². The monoisotopic (exact) mass is 264 g/mol.